The van der Waals surface area contributed by atoms with Crippen LogP contribution in [0.15, 0.2) is 24.3 Å². The van der Waals surface area contributed by atoms with E-state index in [0.717, 1.165) is 5.75 Å². The molecule has 0 fully saturated rings. The fourth-order valence-corrected chi connectivity index (χ4v) is 1.40. The highest BCUT2D eigenvalue weighted by Crippen LogP contribution is 2.12. The number of nitrogens with two attached hydrogens (primary N) is 1. The molecule has 16 heavy (non-hydrogen) atoms. The molecule has 0 aliphatic rings. The van der Waals surface area contributed by atoms with Gasteiger partial charge in [0.2, 0.25) is 0 Å². The zero-order valence-corrected chi connectivity index (χ0v) is 9.69. The van der Waals surface area contributed by atoms with Crippen LogP contribution in [0.1, 0.15) is 17.3 Å². The molecule has 0 aliphatic heterocycles. The summed E-state index contributed by atoms with van der Waals surface area (Å²) in [7, 11) is 1.60. The summed E-state index contributed by atoms with van der Waals surface area (Å²) in [6.07, 6.45) is 0. The van der Waals surface area contributed by atoms with Crippen LogP contribution in [0.5, 0.6) is 5.75 Å². The Morgan fingerprint density at radius 3 is 2.56 bits per heavy atom. The number of ketones is 1. The first-order chi connectivity index (χ1) is 7.69. The lowest BCUT2D eigenvalue weighted by atomic mass is 10.1. The number of hydrogen-bond acceptors (Lipinski definition) is 4. The van der Waals surface area contributed by atoms with Crippen LogP contribution in [-0.2, 0) is 0 Å². The molecule has 0 saturated carbocycles. The lowest BCUT2D eigenvalue weighted by Crippen LogP contribution is -2.37. The first-order valence-electron chi connectivity index (χ1n) is 5.30. The Bertz CT molecular complexity index is 335. The molecule has 1 rings (SSSR count). The average molecular weight is 222 g/mol. The van der Waals surface area contributed by atoms with Crippen molar-refractivity contribution in [1.29, 1.82) is 0 Å². The number of ether oxygens (including phenoxy) is 1. The maximum absolute atomic E-state index is 11.9. The van der Waals surface area contributed by atoms with Crippen LogP contribution in [0.4, 0.5) is 0 Å². The topological polar surface area (TPSA) is 64.3 Å². The number of methoxy groups -OCH3 is 1. The van der Waals surface area contributed by atoms with Crippen molar-refractivity contribution in [3.8, 4) is 5.75 Å². The molecule has 0 heterocycles. The van der Waals surface area contributed by atoms with Crippen molar-refractivity contribution in [2.75, 3.05) is 20.2 Å². The van der Waals surface area contributed by atoms with Crippen molar-refractivity contribution in [3.63, 3.8) is 0 Å². The SMILES string of the molecule is COc1ccc(C(=O)C(C)NCCN)cc1. The van der Waals surface area contributed by atoms with E-state index in [9.17, 15) is 4.79 Å². The van der Waals surface area contributed by atoms with Gasteiger partial charge in [-0.1, -0.05) is 0 Å². The molecule has 4 heteroatoms. The van der Waals surface area contributed by atoms with E-state index in [-0.39, 0.29) is 11.8 Å². The lowest BCUT2D eigenvalue weighted by molar-refractivity contribution is 0.0951. The Kier molecular flexibility index (Phi) is 4.95. The normalized spacial score (nSPS) is 12.2. The van der Waals surface area contributed by atoms with E-state index in [1.54, 1.807) is 31.4 Å². The minimum atomic E-state index is -0.211. The van der Waals surface area contributed by atoms with Crippen molar-refractivity contribution >= 4 is 5.78 Å². The molecule has 1 aromatic carbocycles. The molecule has 0 amide bonds. The van der Waals surface area contributed by atoms with Gasteiger partial charge in [0.05, 0.1) is 13.2 Å². The zero-order valence-electron chi connectivity index (χ0n) is 9.69. The van der Waals surface area contributed by atoms with Crippen molar-refractivity contribution in [3.05, 3.63) is 29.8 Å². The zero-order chi connectivity index (χ0) is 12.0. The highest BCUT2D eigenvalue weighted by Gasteiger charge is 2.13. The summed E-state index contributed by atoms with van der Waals surface area (Å²) < 4.78 is 5.03. The minimum Gasteiger partial charge on any atom is -0.497 e. The molecule has 0 aromatic heterocycles. The molecule has 4 nitrogen and oxygen atoms in total. The van der Waals surface area contributed by atoms with E-state index in [1.807, 2.05) is 6.92 Å². The Balaban J connectivity index is 2.64. The van der Waals surface area contributed by atoms with Crippen LogP contribution in [0.2, 0.25) is 0 Å². The van der Waals surface area contributed by atoms with Crippen LogP contribution >= 0.6 is 0 Å². The summed E-state index contributed by atoms with van der Waals surface area (Å²) in [5, 5.41) is 3.05. The van der Waals surface area contributed by atoms with Crippen LogP contribution in [0.25, 0.3) is 0 Å². The maximum atomic E-state index is 11.9. The molecule has 88 valence electrons. The predicted octanol–water partition coefficient (Wildman–Crippen LogP) is 0.815. The fourth-order valence-electron chi connectivity index (χ4n) is 1.40. The predicted molar refractivity (Wildman–Crippen MR) is 63.8 cm³/mol. The van der Waals surface area contributed by atoms with Crippen LogP contribution in [0.3, 0.4) is 0 Å². The van der Waals surface area contributed by atoms with E-state index < -0.39 is 0 Å². The largest absolute Gasteiger partial charge is 0.497 e. The molecule has 0 aliphatic carbocycles. The Morgan fingerprint density at radius 1 is 1.44 bits per heavy atom. The van der Waals surface area contributed by atoms with Gasteiger partial charge in [0.1, 0.15) is 5.75 Å². The highest BCUT2D eigenvalue weighted by molar-refractivity contribution is 5.99. The number of rotatable bonds is 6. The summed E-state index contributed by atoms with van der Waals surface area (Å²) in [6.45, 7) is 3.01. The standard InChI is InChI=1S/C12H18N2O2/c1-9(14-8-7-13)12(15)10-3-5-11(16-2)6-4-10/h3-6,9,14H,7-8,13H2,1-2H3. The average Bonchev–Trinajstić information content (AvgIpc) is 2.35. The lowest BCUT2D eigenvalue weighted by Gasteiger charge is -2.12. The van der Waals surface area contributed by atoms with E-state index in [4.69, 9.17) is 10.5 Å². The molecule has 1 unspecified atom stereocenters. The number of carbonyl (C=O) groups is 1. The van der Waals surface area contributed by atoms with Crippen molar-refractivity contribution < 1.29 is 9.53 Å². The smallest absolute Gasteiger partial charge is 0.179 e. The molecule has 0 saturated heterocycles. The molecule has 0 bridgehead atoms. The van der Waals surface area contributed by atoms with Gasteiger partial charge in [0.15, 0.2) is 5.78 Å². The van der Waals surface area contributed by atoms with Crippen LogP contribution in [0, 0.1) is 0 Å². The van der Waals surface area contributed by atoms with Gasteiger partial charge in [-0.25, -0.2) is 0 Å². The number of hydrogen-bond donors (Lipinski definition) is 2. The van der Waals surface area contributed by atoms with Gasteiger partial charge in [-0.15, -0.1) is 0 Å². The third-order valence-electron chi connectivity index (χ3n) is 2.36. The van der Waals surface area contributed by atoms with Gasteiger partial charge in [0, 0.05) is 18.7 Å². The summed E-state index contributed by atoms with van der Waals surface area (Å²) in [4.78, 5) is 11.9. The van der Waals surface area contributed by atoms with E-state index >= 15 is 0 Å². The van der Waals surface area contributed by atoms with Crippen molar-refractivity contribution in [2.24, 2.45) is 5.73 Å². The van der Waals surface area contributed by atoms with Gasteiger partial charge < -0.3 is 15.8 Å². The molecule has 3 N–H and O–H groups in total. The number of benzene rings is 1. The molecule has 0 spiro atoms. The second kappa shape index (κ2) is 6.25. The summed E-state index contributed by atoms with van der Waals surface area (Å²) >= 11 is 0. The molecule has 0 radical (unpaired) electrons. The van der Waals surface area contributed by atoms with Gasteiger partial charge in [-0.3, -0.25) is 4.79 Å². The molecule has 1 aromatic rings. The Labute approximate surface area is 95.8 Å². The monoisotopic (exact) mass is 222 g/mol. The minimum absolute atomic E-state index is 0.0658. The van der Waals surface area contributed by atoms with Crippen LogP contribution in [-0.4, -0.2) is 32.0 Å². The fraction of sp³-hybridized carbons (Fsp3) is 0.417. The van der Waals surface area contributed by atoms with Crippen LogP contribution < -0.4 is 15.8 Å². The molecule has 1 atom stereocenters. The molecular formula is C12H18N2O2. The highest BCUT2D eigenvalue weighted by atomic mass is 16.5. The second-order valence-electron chi connectivity index (χ2n) is 3.56. The van der Waals surface area contributed by atoms with E-state index in [2.05, 4.69) is 5.32 Å². The summed E-state index contributed by atoms with van der Waals surface area (Å²) in [5.41, 5.74) is 6.04. The van der Waals surface area contributed by atoms with Gasteiger partial charge in [-0.2, -0.15) is 0 Å². The van der Waals surface area contributed by atoms with Crippen molar-refractivity contribution in [2.45, 2.75) is 13.0 Å². The van der Waals surface area contributed by atoms with Gasteiger partial charge in [0.25, 0.3) is 0 Å². The van der Waals surface area contributed by atoms with Crippen molar-refractivity contribution in [1.82, 2.24) is 5.32 Å². The first kappa shape index (κ1) is 12.7. The molecular weight excluding hydrogens is 204 g/mol. The van der Waals surface area contributed by atoms with Gasteiger partial charge in [-0.05, 0) is 31.2 Å². The van der Waals surface area contributed by atoms with E-state index in [0.29, 0.717) is 18.7 Å². The van der Waals surface area contributed by atoms with Gasteiger partial charge >= 0.3 is 0 Å². The second-order valence-corrected chi connectivity index (χ2v) is 3.56. The number of carbonyl (C=O) groups excluding carboxylic acids is 1. The van der Waals surface area contributed by atoms with E-state index in [1.165, 1.54) is 0 Å². The Morgan fingerprint density at radius 2 is 2.06 bits per heavy atom. The summed E-state index contributed by atoms with van der Waals surface area (Å²) in [6, 6.07) is 6.88. The third-order valence-corrected chi connectivity index (χ3v) is 2.36. The third kappa shape index (κ3) is 3.32. The number of nitrogens with one attached hydrogen (secondary N) is 1. The maximum Gasteiger partial charge on any atom is 0.179 e. The quantitative estimate of drug-likeness (QED) is 0.699. The Hall–Kier alpha value is -1.39. The number of Topliss-reactive ketones (excluding diaryl/α,β-unsaturated/α-hetero) is 1. The first-order valence-corrected chi connectivity index (χ1v) is 5.30. The summed E-state index contributed by atoms with van der Waals surface area (Å²) in [5.74, 6) is 0.815.